The van der Waals surface area contributed by atoms with Gasteiger partial charge in [-0.2, -0.15) is 0 Å². The summed E-state index contributed by atoms with van der Waals surface area (Å²) in [6.45, 7) is 3.14. The van der Waals surface area contributed by atoms with E-state index in [1.54, 1.807) is 0 Å². The Labute approximate surface area is 119 Å². The summed E-state index contributed by atoms with van der Waals surface area (Å²) in [5.74, 6) is -0.837. The Balaban J connectivity index is 1.69. The topological polar surface area (TPSA) is 70.1 Å². The number of carbonyl (C=O) groups is 2. The molecule has 0 atom stereocenters. The third-order valence-electron chi connectivity index (χ3n) is 3.71. The van der Waals surface area contributed by atoms with Gasteiger partial charge < -0.3 is 19.6 Å². The highest BCUT2D eigenvalue weighted by molar-refractivity contribution is 5.75. The van der Waals surface area contributed by atoms with Gasteiger partial charge in [-0.3, -0.25) is 4.79 Å². The van der Waals surface area contributed by atoms with Crippen molar-refractivity contribution in [2.75, 3.05) is 32.8 Å². The first-order chi connectivity index (χ1) is 9.66. The first-order valence-corrected chi connectivity index (χ1v) is 7.19. The average molecular weight is 282 g/mol. The van der Waals surface area contributed by atoms with E-state index in [-0.39, 0.29) is 25.2 Å². The van der Waals surface area contributed by atoms with Gasteiger partial charge in [0.05, 0.1) is 19.1 Å². The maximum atomic E-state index is 12.3. The highest BCUT2D eigenvalue weighted by atomic mass is 16.5. The van der Waals surface area contributed by atoms with Crippen LogP contribution in [0.25, 0.3) is 0 Å². The number of carboxylic acid groups (broad SMARTS) is 1. The van der Waals surface area contributed by atoms with Crippen molar-refractivity contribution < 1.29 is 19.4 Å². The van der Waals surface area contributed by atoms with Crippen molar-refractivity contribution in [2.24, 2.45) is 0 Å². The molecule has 20 heavy (non-hydrogen) atoms. The molecule has 0 radical (unpaired) electrons. The van der Waals surface area contributed by atoms with E-state index in [9.17, 15) is 9.59 Å². The van der Waals surface area contributed by atoms with Gasteiger partial charge in [-0.15, -0.1) is 0 Å². The molecule has 0 aromatic rings. The second kappa shape index (κ2) is 7.28. The molecule has 2 aliphatic heterocycles. The second-order valence-corrected chi connectivity index (χ2v) is 5.19. The number of piperidine rings is 1. The second-order valence-electron chi connectivity index (χ2n) is 5.19. The smallest absolute Gasteiger partial charge is 0.320 e. The maximum Gasteiger partial charge on any atom is 0.320 e. The number of carbonyl (C=O) groups excluding carboxylic acids is 1. The normalized spacial score (nSPS) is 20.2. The van der Waals surface area contributed by atoms with Crippen molar-refractivity contribution in [3.8, 4) is 0 Å². The minimum atomic E-state index is -0.837. The highest BCUT2D eigenvalue weighted by Crippen LogP contribution is 2.16. The predicted molar refractivity (Wildman–Crippen MR) is 73.5 cm³/mol. The molecule has 0 aliphatic carbocycles. The van der Waals surface area contributed by atoms with E-state index in [1.807, 2.05) is 15.9 Å². The molecular weight excluding hydrogens is 260 g/mol. The minimum Gasteiger partial charge on any atom is -0.481 e. The van der Waals surface area contributed by atoms with Gasteiger partial charge in [-0.1, -0.05) is 12.2 Å². The Morgan fingerprint density at radius 1 is 1.15 bits per heavy atom. The monoisotopic (exact) mass is 282 g/mol. The molecule has 6 nitrogen and oxygen atoms in total. The number of carboxylic acids is 1. The SMILES string of the molecule is O=C(O)CCOC1CCN(C(=O)N2CC=CCC2)CC1. The summed E-state index contributed by atoms with van der Waals surface area (Å²) < 4.78 is 5.52. The Morgan fingerprint density at radius 3 is 2.50 bits per heavy atom. The molecule has 112 valence electrons. The third-order valence-corrected chi connectivity index (χ3v) is 3.71. The van der Waals surface area contributed by atoms with Gasteiger partial charge >= 0.3 is 12.0 Å². The zero-order chi connectivity index (χ0) is 14.4. The summed E-state index contributed by atoms with van der Waals surface area (Å²) >= 11 is 0. The Bertz CT molecular complexity index is 375. The van der Waals surface area contributed by atoms with Crippen LogP contribution in [0.2, 0.25) is 0 Å². The number of ether oxygens (including phenoxy) is 1. The largest absolute Gasteiger partial charge is 0.481 e. The quantitative estimate of drug-likeness (QED) is 0.790. The van der Waals surface area contributed by atoms with E-state index in [0.29, 0.717) is 19.6 Å². The fraction of sp³-hybridized carbons (Fsp3) is 0.714. The van der Waals surface area contributed by atoms with Crippen LogP contribution in [-0.2, 0) is 9.53 Å². The average Bonchev–Trinajstić information content (AvgIpc) is 2.48. The summed E-state index contributed by atoms with van der Waals surface area (Å²) in [4.78, 5) is 26.4. The standard InChI is InChI=1S/C14H22N2O4/c17-13(18)6-11-20-12-4-9-16(10-5-12)14(19)15-7-2-1-3-8-15/h1-2,12H,3-11H2,(H,17,18). The lowest BCUT2D eigenvalue weighted by molar-refractivity contribution is -0.138. The van der Waals surface area contributed by atoms with Crippen LogP contribution >= 0.6 is 0 Å². The van der Waals surface area contributed by atoms with Crippen LogP contribution in [0.1, 0.15) is 25.7 Å². The molecule has 1 saturated heterocycles. The van der Waals surface area contributed by atoms with Crippen molar-refractivity contribution in [3.05, 3.63) is 12.2 Å². The van der Waals surface area contributed by atoms with Gasteiger partial charge in [0.2, 0.25) is 0 Å². The third kappa shape index (κ3) is 4.23. The first kappa shape index (κ1) is 14.8. The summed E-state index contributed by atoms with van der Waals surface area (Å²) in [5, 5.41) is 8.56. The number of rotatable bonds is 4. The Kier molecular flexibility index (Phi) is 5.40. The number of likely N-dealkylation sites (tertiary alicyclic amines) is 1. The van der Waals surface area contributed by atoms with Crippen molar-refractivity contribution in [3.63, 3.8) is 0 Å². The van der Waals surface area contributed by atoms with Crippen LogP contribution in [0.15, 0.2) is 12.2 Å². The number of amides is 2. The van der Waals surface area contributed by atoms with Crippen molar-refractivity contribution in [1.29, 1.82) is 0 Å². The summed E-state index contributed by atoms with van der Waals surface area (Å²) in [6, 6.07) is 0.110. The Morgan fingerprint density at radius 2 is 1.90 bits per heavy atom. The highest BCUT2D eigenvalue weighted by Gasteiger charge is 2.26. The molecule has 0 spiro atoms. The van der Waals surface area contributed by atoms with E-state index < -0.39 is 5.97 Å². The van der Waals surface area contributed by atoms with Gasteiger partial charge in [-0.25, -0.2) is 4.79 Å². The molecule has 0 bridgehead atoms. The van der Waals surface area contributed by atoms with Gasteiger partial charge in [0.25, 0.3) is 0 Å². The maximum absolute atomic E-state index is 12.3. The zero-order valence-electron chi connectivity index (χ0n) is 11.7. The van der Waals surface area contributed by atoms with Gasteiger partial charge in [-0.05, 0) is 19.3 Å². The van der Waals surface area contributed by atoms with Crippen LogP contribution in [0.5, 0.6) is 0 Å². The Hall–Kier alpha value is -1.56. The lowest BCUT2D eigenvalue weighted by atomic mass is 10.1. The summed E-state index contributed by atoms with van der Waals surface area (Å²) in [6.07, 6.45) is 6.76. The molecule has 2 amide bonds. The van der Waals surface area contributed by atoms with Crippen molar-refractivity contribution >= 4 is 12.0 Å². The van der Waals surface area contributed by atoms with Crippen molar-refractivity contribution in [2.45, 2.75) is 31.8 Å². The fourth-order valence-electron chi connectivity index (χ4n) is 2.54. The molecule has 2 aliphatic rings. The number of hydrogen-bond donors (Lipinski definition) is 1. The molecule has 0 aromatic heterocycles. The molecule has 1 fully saturated rings. The number of hydrogen-bond acceptors (Lipinski definition) is 3. The molecule has 2 heterocycles. The van der Waals surface area contributed by atoms with E-state index >= 15 is 0 Å². The first-order valence-electron chi connectivity index (χ1n) is 7.19. The minimum absolute atomic E-state index is 0.0409. The number of nitrogens with zero attached hydrogens (tertiary/aromatic N) is 2. The zero-order valence-corrected chi connectivity index (χ0v) is 11.7. The van der Waals surface area contributed by atoms with Crippen LogP contribution in [-0.4, -0.2) is 65.8 Å². The van der Waals surface area contributed by atoms with E-state index in [0.717, 1.165) is 25.8 Å². The van der Waals surface area contributed by atoms with Crippen LogP contribution in [0, 0.1) is 0 Å². The van der Waals surface area contributed by atoms with Crippen LogP contribution in [0.3, 0.4) is 0 Å². The van der Waals surface area contributed by atoms with Crippen molar-refractivity contribution in [1.82, 2.24) is 9.80 Å². The van der Waals surface area contributed by atoms with Gasteiger partial charge in [0, 0.05) is 26.2 Å². The van der Waals surface area contributed by atoms with E-state index in [2.05, 4.69) is 6.08 Å². The lowest BCUT2D eigenvalue weighted by Gasteiger charge is -2.36. The molecule has 1 N–H and O–H groups in total. The molecule has 0 unspecified atom stereocenters. The number of aliphatic carboxylic acids is 1. The molecule has 0 saturated carbocycles. The fourth-order valence-corrected chi connectivity index (χ4v) is 2.54. The van der Waals surface area contributed by atoms with Gasteiger partial charge in [0.15, 0.2) is 0 Å². The summed E-state index contributed by atoms with van der Waals surface area (Å²) in [5.41, 5.74) is 0. The van der Waals surface area contributed by atoms with Crippen LogP contribution < -0.4 is 0 Å². The molecule has 2 rings (SSSR count). The predicted octanol–water partition coefficient (Wildman–Crippen LogP) is 1.32. The molecule has 6 heteroatoms. The van der Waals surface area contributed by atoms with Gasteiger partial charge in [0.1, 0.15) is 0 Å². The molecular formula is C14H22N2O4. The van der Waals surface area contributed by atoms with E-state index in [4.69, 9.17) is 9.84 Å². The summed E-state index contributed by atoms with van der Waals surface area (Å²) in [7, 11) is 0. The molecule has 0 aromatic carbocycles. The van der Waals surface area contributed by atoms with Crippen LogP contribution in [0.4, 0.5) is 4.79 Å². The lowest BCUT2D eigenvalue weighted by Crippen LogP contribution is -2.48. The van der Waals surface area contributed by atoms with E-state index in [1.165, 1.54) is 0 Å². The number of urea groups is 1.